The van der Waals surface area contributed by atoms with Crippen molar-refractivity contribution in [1.82, 2.24) is 4.90 Å². The lowest BCUT2D eigenvalue weighted by molar-refractivity contribution is 0.258. The highest BCUT2D eigenvalue weighted by atomic mass is 16.5. The van der Waals surface area contributed by atoms with Crippen LogP contribution in [0.2, 0.25) is 0 Å². The number of benzene rings is 3. The van der Waals surface area contributed by atoms with Crippen LogP contribution in [0.1, 0.15) is 405 Å². The van der Waals surface area contributed by atoms with Gasteiger partial charge in [-0.3, -0.25) is 4.90 Å². The molecule has 0 atom stereocenters. The second-order valence-corrected chi connectivity index (χ2v) is 29.2. The normalized spacial score (nSPS) is 12.8. The number of nitrogens with zero attached hydrogens (tertiary/aromatic N) is 4. The molecule has 0 N–H and O–H groups in total. The van der Waals surface area contributed by atoms with Crippen molar-refractivity contribution < 1.29 is 28.4 Å². The lowest BCUT2D eigenvalue weighted by Gasteiger charge is -2.39. The van der Waals surface area contributed by atoms with E-state index in [4.69, 9.17) is 43.4 Å². The van der Waals surface area contributed by atoms with Gasteiger partial charge >= 0.3 is 0 Å². The first-order chi connectivity index (χ1) is 48.0. The van der Waals surface area contributed by atoms with Crippen LogP contribution in [0.3, 0.4) is 0 Å². The number of unbranched alkanes of at least 4 members (excludes halogenated alkanes) is 48. The second kappa shape index (κ2) is 53.2. The molecule has 548 valence electrons. The predicted molar refractivity (Wildman–Crippen MR) is 416 cm³/mol. The molecule has 10 nitrogen and oxygen atoms in total. The number of hydrogen-bond acceptors (Lipinski definition) is 10. The SMILES string of the molecule is CCCCCCCCCCCOc1cc2c(cc1OCCCCCCCCCCC)C1=Nc3cc(OCCCCCCCCCCC)c(OCCCCCCCCCCC)cc3C3=Nc4cc(OCCCCCCCCCCC)c(OCCCCCCCCCCC)cc4C(=N2)N13. The zero-order valence-electron chi connectivity index (χ0n) is 63.6. The van der Waals surface area contributed by atoms with Gasteiger partial charge in [-0.15, -0.1) is 0 Å². The van der Waals surface area contributed by atoms with E-state index in [2.05, 4.69) is 82.8 Å². The standard InChI is InChI=1S/C87H144N4O6/c1-7-13-19-25-31-37-43-49-55-61-92-79-67-73-76(70-82(79)95-64-58-52-46-40-34-28-22-16-10-4)88-86-75-69-81(94-63-57-51-45-39-33-27-21-15-9-3)84(97-66-60-54-48-42-36-30-24-18-12-6)72-78(75)90-87-74-68-80(93-62-56-50-44-38-32-26-20-14-8-2)83(71-77(74)89-85(73)91(86)87)96-65-59-53-47-41-35-29-23-17-11-5/h67-72H,7-66H2,1-6H3. The molecule has 0 fully saturated rings. The zero-order chi connectivity index (χ0) is 68.3. The van der Waals surface area contributed by atoms with Crippen LogP contribution < -0.4 is 28.4 Å². The molecule has 3 aliphatic heterocycles. The van der Waals surface area contributed by atoms with E-state index in [0.717, 1.165) is 163 Å². The molecular weight excluding hydrogens is 1200 g/mol. The topological polar surface area (TPSA) is 95.7 Å². The van der Waals surface area contributed by atoms with Gasteiger partial charge in [0.05, 0.1) is 56.7 Å². The van der Waals surface area contributed by atoms with E-state index >= 15 is 0 Å². The Kier molecular flexibility index (Phi) is 44.5. The van der Waals surface area contributed by atoms with Crippen molar-refractivity contribution in [3.8, 4) is 34.5 Å². The molecule has 0 aliphatic carbocycles. The Morgan fingerprint density at radius 1 is 0.196 bits per heavy atom. The van der Waals surface area contributed by atoms with Crippen LogP contribution in [-0.4, -0.2) is 62.0 Å². The van der Waals surface area contributed by atoms with E-state index in [1.807, 2.05) is 0 Å². The Balaban J connectivity index is 1.37. The maximum atomic E-state index is 6.88. The van der Waals surface area contributed by atoms with Gasteiger partial charge in [0, 0.05) is 34.9 Å². The minimum atomic E-state index is 0.628. The lowest BCUT2D eigenvalue weighted by Crippen LogP contribution is -2.48. The van der Waals surface area contributed by atoms with Gasteiger partial charge in [0.2, 0.25) is 0 Å². The summed E-state index contributed by atoms with van der Waals surface area (Å²) in [5.41, 5.74) is 5.12. The van der Waals surface area contributed by atoms with Crippen molar-refractivity contribution in [1.29, 1.82) is 0 Å². The zero-order valence-corrected chi connectivity index (χ0v) is 63.6. The number of hydrogen-bond donors (Lipinski definition) is 0. The van der Waals surface area contributed by atoms with Crippen molar-refractivity contribution in [2.24, 2.45) is 15.0 Å². The molecular formula is C87H144N4O6. The fraction of sp³-hybridized carbons (Fsp3) is 0.759. The summed E-state index contributed by atoms with van der Waals surface area (Å²) in [7, 11) is 0. The molecule has 3 aromatic rings. The molecule has 97 heavy (non-hydrogen) atoms. The summed E-state index contributed by atoms with van der Waals surface area (Å²) in [6, 6.07) is 12.9. The Bertz CT molecular complexity index is 2330. The summed E-state index contributed by atoms with van der Waals surface area (Å²) in [6.45, 7) is 17.6. The second-order valence-electron chi connectivity index (χ2n) is 29.2. The van der Waals surface area contributed by atoms with Crippen LogP contribution in [0.15, 0.2) is 51.4 Å². The van der Waals surface area contributed by atoms with Crippen molar-refractivity contribution in [2.75, 3.05) is 39.6 Å². The van der Waals surface area contributed by atoms with Crippen molar-refractivity contribution in [3.63, 3.8) is 0 Å². The maximum absolute atomic E-state index is 6.88. The molecule has 0 saturated carbocycles. The van der Waals surface area contributed by atoms with Crippen LogP contribution in [0.4, 0.5) is 17.1 Å². The van der Waals surface area contributed by atoms with E-state index in [9.17, 15) is 0 Å². The summed E-state index contributed by atoms with van der Waals surface area (Å²) < 4.78 is 41.2. The summed E-state index contributed by atoms with van der Waals surface area (Å²) >= 11 is 0. The Morgan fingerprint density at radius 2 is 0.340 bits per heavy atom. The monoisotopic (exact) mass is 1340 g/mol. The molecule has 0 radical (unpaired) electrons. The third-order valence-electron chi connectivity index (χ3n) is 20.3. The largest absolute Gasteiger partial charge is 0.490 e. The van der Waals surface area contributed by atoms with E-state index in [1.165, 1.54) is 270 Å². The summed E-state index contributed by atoms with van der Waals surface area (Å²) in [5, 5.41) is 0. The van der Waals surface area contributed by atoms with Gasteiger partial charge < -0.3 is 28.4 Å². The van der Waals surface area contributed by atoms with Crippen molar-refractivity contribution in [2.45, 2.75) is 388 Å². The van der Waals surface area contributed by atoms with E-state index in [-0.39, 0.29) is 0 Å². The van der Waals surface area contributed by atoms with Gasteiger partial charge in [-0.2, -0.15) is 0 Å². The minimum Gasteiger partial charge on any atom is -0.490 e. The highest BCUT2D eigenvalue weighted by Gasteiger charge is 2.41. The van der Waals surface area contributed by atoms with Gasteiger partial charge in [-0.1, -0.05) is 350 Å². The van der Waals surface area contributed by atoms with Crippen LogP contribution in [0, 0.1) is 0 Å². The van der Waals surface area contributed by atoms with Gasteiger partial charge in [0.1, 0.15) is 17.5 Å². The van der Waals surface area contributed by atoms with Gasteiger partial charge in [-0.05, 0) is 56.7 Å². The van der Waals surface area contributed by atoms with E-state index in [0.29, 0.717) is 39.6 Å². The minimum absolute atomic E-state index is 0.628. The third kappa shape index (κ3) is 31.8. The number of amidine groups is 3. The average Bonchev–Trinajstić information content (AvgIpc) is 0.711. The first kappa shape index (κ1) is 81.2. The van der Waals surface area contributed by atoms with Gasteiger partial charge in [0.15, 0.2) is 34.5 Å². The van der Waals surface area contributed by atoms with Crippen LogP contribution in [0.5, 0.6) is 34.5 Å². The quantitative estimate of drug-likeness (QED) is 0.0520. The highest BCUT2D eigenvalue weighted by molar-refractivity contribution is 6.36. The predicted octanol–water partition coefficient (Wildman–Crippen LogP) is 28.0. The molecule has 0 spiro atoms. The highest BCUT2D eigenvalue weighted by Crippen LogP contribution is 2.49. The van der Waals surface area contributed by atoms with Crippen molar-refractivity contribution >= 4 is 34.6 Å². The van der Waals surface area contributed by atoms with Gasteiger partial charge in [-0.25, -0.2) is 15.0 Å². The van der Waals surface area contributed by atoms with Crippen LogP contribution in [0.25, 0.3) is 0 Å². The molecule has 3 aromatic carbocycles. The fourth-order valence-corrected chi connectivity index (χ4v) is 14.0. The van der Waals surface area contributed by atoms with Crippen LogP contribution in [-0.2, 0) is 0 Å². The van der Waals surface area contributed by atoms with Crippen molar-refractivity contribution in [3.05, 3.63) is 53.1 Å². The molecule has 3 aliphatic rings. The number of rotatable bonds is 66. The molecule has 6 rings (SSSR count). The summed E-state index contributed by atoms with van der Waals surface area (Å²) in [4.78, 5) is 19.3. The molecule has 0 unspecified atom stereocenters. The summed E-state index contributed by atoms with van der Waals surface area (Å²) in [5.74, 6) is 6.82. The lowest BCUT2D eigenvalue weighted by atomic mass is 9.97. The molecule has 0 bridgehead atoms. The Labute approximate surface area is 595 Å². The molecule has 3 heterocycles. The van der Waals surface area contributed by atoms with E-state index < -0.39 is 0 Å². The average molecular weight is 1340 g/mol. The fourth-order valence-electron chi connectivity index (χ4n) is 14.0. The van der Waals surface area contributed by atoms with Crippen LogP contribution >= 0.6 is 0 Å². The third-order valence-corrected chi connectivity index (χ3v) is 20.3. The summed E-state index contributed by atoms with van der Waals surface area (Å²) in [6.07, 6.45) is 68.1. The first-order valence-electron chi connectivity index (χ1n) is 41.9. The first-order valence-corrected chi connectivity index (χ1v) is 41.9. The number of ether oxygens (including phenoxy) is 6. The van der Waals surface area contributed by atoms with E-state index in [1.54, 1.807) is 0 Å². The Hall–Kier alpha value is -4.73. The smallest absolute Gasteiger partial charge is 0.163 e. The molecule has 0 amide bonds. The molecule has 0 aromatic heterocycles. The maximum Gasteiger partial charge on any atom is 0.163 e. The number of aliphatic imine (C=N–C) groups is 3. The molecule has 10 heteroatoms. The van der Waals surface area contributed by atoms with Gasteiger partial charge in [0.25, 0.3) is 0 Å². The Morgan fingerprint density at radius 3 is 0.505 bits per heavy atom. The molecule has 0 saturated heterocycles. The number of fused-ring (bicyclic) bond motifs is 6.